The zero-order chi connectivity index (χ0) is 18.8. The van der Waals surface area contributed by atoms with E-state index in [-0.39, 0.29) is 11.4 Å². The summed E-state index contributed by atoms with van der Waals surface area (Å²) in [6.07, 6.45) is 3.00. The van der Waals surface area contributed by atoms with Gasteiger partial charge in [0.15, 0.2) is 11.4 Å². The molecular weight excluding hydrogens is 328 g/mol. The van der Waals surface area contributed by atoms with Crippen molar-refractivity contribution in [3.8, 4) is 23.6 Å². The third kappa shape index (κ3) is 5.05. The molecule has 0 amide bonds. The molecule has 6 nitrogen and oxygen atoms in total. The Morgan fingerprint density at radius 2 is 1.08 bits per heavy atom. The Kier molecular flexibility index (Phi) is 6.67. The minimum Gasteiger partial charge on any atom is -0.497 e. The molecule has 0 saturated heterocycles. The molecule has 0 spiro atoms. The maximum absolute atomic E-state index is 9.27. The second-order valence-corrected chi connectivity index (χ2v) is 4.98. The van der Waals surface area contributed by atoms with Crippen LogP contribution in [0.1, 0.15) is 11.1 Å². The summed E-state index contributed by atoms with van der Waals surface area (Å²) >= 11 is 0. The second-order valence-electron chi connectivity index (χ2n) is 4.98. The molecule has 0 N–H and O–H groups in total. The highest BCUT2D eigenvalue weighted by Crippen LogP contribution is 2.13. The molecule has 0 aromatic heterocycles. The quantitative estimate of drug-likeness (QED) is 0.592. The lowest BCUT2D eigenvalue weighted by Crippen LogP contribution is -1.89. The maximum atomic E-state index is 9.27. The summed E-state index contributed by atoms with van der Waals surface area (Å²) in [7, 11) is 3.17. The van der Waals surface area contributed by atoms with Crippen LogP contribution in [0.4, 0.5) is 0 Å². The van der Waals surface area contributed by atoms with E-state index >= 15 is 0 Å². The number of nitrogens with zero attached hydrogens (tertiary/aromatic N) is 4. The number of nitriles is 2. The van der Waals surface area contributed by atoms with Crippen LogP contribution in [-0.4, -0.2) is 26.6 Å². The summed E-state index contributed by atoms with van der Waals surface area (Å²) in [5.74, 6) is 1.44. The van der Waals surface area contributed by atoms with Crippen LogP contribution in [0.5, 0.6) is 11.5 Å². The van der Waals surface area contributed by atoms with Gasteiger partial charge in [-0.05, 0) is 59.7 Å². The molecule has 0 aliphatic carbocycles. The van der Waals surface area contributed by atoms with Crippen molar-refractivity contribution in [2.24, 2.45) is 9.98 Å². The molecule has 0 unspecified atom stereocenters. The van der Waals surface area contributed by atoms with Crippen molar-refractivity contribution < 1.29 is 9.47 Å². The van der Waals surface area contributed by atoms with E-state index in [9.17, 15) is 10.5 Å². The van der Waals surface area contributed by atoms with E-state index < -0.39 is 0 Å². The maximum Gasteiger partial charge on any atom is 0.176 e. The van der Waals surface area contributed by atoms with Gasteiger partial charge in [0.2, 0.25) is 0 Å². The van der Waals surface area contributed by atoms with E-state index in [1.807, 2.05) is 12.1 Å². The van der Waals surface area contributed by atoms with Crippen LogP contribution in [0.3, 0.4) is 0 Å². The summed E-state index contributed by atoms with van der Waals surface area (Å²) in [6.45, 7) is 0. The average molecular weight is 344 g/mol. The van der Waals surface area contributed by atoms with E-state index in [1.165, 1.54) is 12.4 Å². The van der Waals surface area contributed by atoms with Gasteiger partial charge >= 0.3 is 0 Å². The summed E-state index contributed by atoms with van der Waals surface area (Å²) in [6, 6.07) is 18.1. The smallest absolute Gasteiger partial charge is 0.176 e. The topological polar surface area (TPSA) is 90.8 Å². The van der Waals surface area contributed by atoms with Gasteiger partial charge in [0.25, 0.3) is 0 Å². The minimum absolute atomic E-state index is 0.0620. The SMILES string of the molecule is COc1ccc(C=N/C(C#N)=C(/C#N)N=Cc2ccc(OC)cc2)cc1. The number of hydrogen-bond donors (Lipinski definition) is 0. The van der Waals surface area contributed by atoms with Crippen molar-refractivity contribution in [2.75, 3.05) is 14.2 Å². The van der Waals surface area contributed by atoms with Crippen molar-refractivity contribution in [3.63, 3.8) is 0 Å². The Labute approximate surface area is 152 Å². The molecule has 2 aromatic rings. The van der Waals surface area contributed by atoms with E-state index in [1.54, 1.807) is 62.8 Å². The molecule has 0 bridgehead atoms. The molecule has 0 atom stereocenters. The molecule has 0 saturated carbocycles. The minimum atomic E-state index is -0.0620. The first kappa shape index (κ1) is 18.4. The highest BCUT2D eigenvalue weighted by Gasteiger charge is 2.03. The Morgan fingerprint density at radius 3 is 1.35 bits per heavy atom. The van der Waals surface area contributed by atoms with Gasteiger partial charge in [0.1, 0.15) is 23.6 Å². The molecule has 6 heteroatoms. The Hall–Kier alpha value is -3.90. The third-order valence-corrected chi connectivity index (χ3v) is 3.35. The zero-order valence-electron chi connectivity index (χ0n) is 14.4. The van der Waals surface area contributed by atoms with Crippen LogP contribution in [-0.2, 0) is 0 Å². The van der Waals surface area contributed by atoms with Crippen LogP contribution in [0.25, 0.3) is 0 Å². The lowest BCUT2D eigenvalue weighted by atomic mass is 10.2. The van der Waals surface area contributed by atoms with Crippen LogP contribution < -0.4 is 9.47 Å². The number of hydrogen-bond acceptors (Lipinski definition) is 6. The molecule has 2 aromatic carbocycles. The number of methoxy groups -OCH3 is 2. The van der Waals surface area contributed by atoms with Crippen LogP contribution in [0.2, 0.25) is 0 Å². The van der Waals surface area contributed by atoms with Gasteiger partial charge in [-0.3, -0.25) is 0 Å². The van der Waals surface area contributed by atoms with Crippen LogP contribution >= 0.6 is 0 Å². The molecule has 0 fully saturated rings. The highest BCUT2D eigenvalue weighted by molar-refractivity contribution is 5.82. The first-order valence-electron chi connectivity index (χ1n) is 7.61. The van der Waals surface area contributed by atoms with Crippen molar-refractivity contribution in [2.45, 2.75) is 0 Å². The molecule has 0 aliphatic rings. The van der Waals surface area contributed by atoms with Gasteiger partial charge in [0, 0.05) is 12.4 Å². The normalized spacial score (nSPS) is 11.7. The predicted octanol–water partition coefficient (Wildman–Crippen LogP) is 3.50. The summed E-state index contributed by atoms with van der Waals surface area (Å²) in [5, 5.41) is 18.5. The van der Waals surface area contributed by atoms with E-state index in [0.717, 1.165) is 22.6 Å². The summed E-state index contributed by atoms with van der Waals surface area (Å²) < 4.78 is 10.2. The average Bonchev–Trinajstić information content (AvgIpc) is 2.71. The van der Waals surface area contributed by atoms with Gasteiger partial charge in [0.05, 0.1) is 14.2 Å². The van der Waals surface area contributed by atoms with Crippen LogP contribution in [0, 0.1) is 22.7 Å². The number of allylic oxidation sites excluding steroid dienone is 2. The number of benzene rings is 2. The third-order valence-electron chi connectivity index (χ3n) is 3.35. The number of aliphatic imine (C=N–C) groups is 2. The van der Waals surface area contributed by atoms with Crippen molar-refractivity contribution in [1.29, 1.82) is 10.5 Å². The van der Waals surface area contributed by atoms with E-state index in [0.29, 0.717) is 0 Å². The fraction of sp³-hybridized carbons (Fsp3) is 0.100. The molecule has 0 aliphatic heterocycles. The van der Waals surface area contributed by atoms with Crippen molar-refractivity contribution in [3.05, 3.63) is 71.1 Å². The van der Waals surface area contributed by atoms with Crippen molar-refractivity contribution >= 4 is 12.4 Å². The predicted molar refractivity (Wildman–Crippen MR) is 99.4 cm³/mol. The lowest BCUT2D eigenvalue weighted by molar-refractivity contribution is 0.414. The summed E-state index contributed by atoms with van der Waals surface area (Å²) in [5.41, 5.74) is 1.42. The fourth-order valence-electron chi connectivity index (χ4n) is 1.94. The van der Waals surface area contributed by atoms with Crippen LogP contribution in [0.15, 0.2) is 69.9 Å². The van der Waals surface area contributed by atoms with Gasteiger partial charge in [-0.1, -0.05) is 0 Å². The Morgan fingerprint density at radius 1 is 0.731 bits per heavy atom. The molecule has 26 heavy (non-hydrogen) atoms. The molecule has 0 heterocycles. The van der Waals surface area contributed by atoms with Crippen molar-refractivity contribution in [1.82, 2.24) is 0 Å². The highest BCUT2D eigenvalue weighted by atomic mass is 16.5. The number of ether oxygens (including phenoxy) is 2. The van der Waals surface area contributed by atoms with Gasteiger partial charge < -0.3 is 9.47 Å². The monoisotopic (exact) mass is 344 g/mol. The first-order valence-corrected chi connectivity index (χ1v) is 7.61. The largest absolute Gasteiger partial charge is 0.497 e. The van der Waals surface area contributed by atoms with Gasteiger partial charge in [-0.25, -0.2) is 9.98 Å². The fourth-order valence-corrected chi connectivity index (χ4v) is 1.94. The molecule has 2 rings (SSSR count). The molecule has 0 radical (unpaired) electrons. The zero-order valence-corrected chi connectivity index (χ0v) is 14.4. The molecular formula is C20H16N4O2. The van der Waals surface area contributed by atoms with E-state index in [4.69, 9.17) is 9.47 Å². The van der Waals surface area contributed by atoms with Gasteiger partial charge in [-0.15, -0.1) is 0 Å². The van der Waals surface area contributed by atoms with E-state index in [2.05, 4.69) is 9.98 Å². The summed E-state index contributed by atoms with van der Waals surface area (Å²) in [4.78, 5) is 8.15. The number of rotatable bonds is 6. The first-order chi connectivity index (χ1) is 12.7. The standard InChI is InChI=1S/C20H16N4O2/c1-25-17-7-3-15(4-8-17)13-23-19(11-21)20(12-22)24-14-16-5-9-18(26-2)10-6-16/h3-10,13-14H,1-2H3/b20-19-,23-13?,24-14?. The second kappa shape index (κ2) is 9.41. The Balaban J connectivity index is 2.22. The molecule has 128 valence electrons. The van der Waals surface area contributed by atoms with Gasteiger partial charge in [-0.2, -0.15) is 10.5 Å². The Bertz CT molecular complexity index is 835. The lowest BCUT2D eigenvalue weighted by Gasteiger charge is -1.99.